The minimum absolute atomic E-state index is 0.153. The van der Waals surface area contributed by atoms with Gasteiger partial charge in [-0.2, -0.15) is 5.10 Å². The second-order valence-electron chi connectivity index (χ2n) is 7.25. The molecule has 170 valence electrons. The molecule has 0 aliphatic carbocycles. The molecule has 3 aromatic carbocycles. The maximum Gasteiger partial charge on any atom is 0.343 e. The molecule has 0 fully saturated rings. The highest BCUT2D eigenvalue weighted by atomic mass is 16.6. The zero-order valence-corrected chi connectivity index (χ0v) is 18.8. The molecular weight excluding hydrogens is 420 g/mol. The summed E-state index contributed by atoms with van der Waals surface area (Å²) in [5.74, 6) is 0.399. The van der Waals surface area contributed by atoms with Crippen LogP contribution in [0.1, 0.15) is 34.0 Å². The summed E-state index contributed by atoms with van der Waals surface area (Å²) in [4.78, 5) is 24.3. The molecule has 0 atom stereocenters. The molecule has 0 saturated carbocycles. The number of benzene rings is 3. The predicted octanol–water partition coefficient (Wildman–Crippen LogP) is 4.31. The third kappa shape index (κ3) is 6.93. The number of nitrogens with one attached hydrogen (secondary N) is 1. The summed E-state index contributed by atoms with van der Waals surface area (Å²) < 4.78 is 16.2. The second kappa shape index (κ2) is 11.5. The number of methoxy groups -OCH3 is 1. The maximum atomic E-state index is 12.4. The van der Waals surface area contributed by atoms with Gasteiger partial charge in [0.1, 0.15) is 5.75 Å². The van der Waals surface area contributed by atoms with E-state index in [2.05, 4.69) is 17.5 Å². The van der Waals surface area contributed by atoms with E-state index in [4.69, 9.17) is 14.2 Å². The molecule has 7 nitrogen and oxygen atoms in total. The van der Waals surface area contributed by atoms with Crippen LogP contribution >= 0.6 is 0 Å². The number of hydrogen-bond donors (Lipinski definition) is 1. The smallest absolute Gasteiger partial charge is 0.343 e. The van der Waals surface area contributed by atoms with Crippen LogP contribution < -0.4 is 19.6 Å². The highest BCUT2D eigenvalue weighted by molar-refractivity contribution is 5.91. The van der Waals surface area contributed by atoms with Crippen LogP contribution in [0, 0.1) is 6.92 Å². The fourth-order valence-corrected chi connectivity index (χ4v) is 2.88. The molecule has 0 unspecified atom stereocenters. The summed E-state index contributed by atoms with van der Waals surface area (Å²) in [7, 11) is 1.48. The number of carbonyl (C=O) groups is 2. The monoisotopic (exact) mass is 446 g/mol. The van der Waals surface area contributed by atoms with Crippen molar-refractivity contribution in [3.8, 4) is 17.2 Å². The van der Waals surface area contributed by atoms with Crippen molar-refractivity contribution in [3.63, 3.8) is 0 Å². The number of hydrazone groups is 1. The average Bonchev–Trinajstić information content (AvgIpc) is 2.84. The van der Waals surface area contributed by atoms with Gasteiger partial charge in [-0.3, -0.25) is 4.79 Å². The van der Waals surface area contributed by atoms with Crippen molar-refractivity contribution in [1.82, 2.24) is 5.43 Å². The molecule has 0 heterocycles. The van der Waals surface area contributed by atoms with Crippen molar-refractivity contribution in [2.75, 3.05) is 13.7 Å². The van der Waals surface area contributed by atoms with E-state index >= 15 is 0 Å². The summed E-state index contributed by atoms with van der Waals surface area (Å²) in [5, 5.41) is 3.94. The second-order valence-corrected chi connectivity index (χ2v) is 7.25. The molecular formula is C26H26N2O5. The highest BCUT2D eigenvalue weighted by Crippen LogP contribution is 2.28. The average molecular weight is 447 g/mol. The highest BCUT2D eigenvalue weighted by Gasteiger charge is 2.12. The van der Waals surface area contributed by atoms with E-state index in [0.29, 0.717) is 22.6 Å². The summed E-state index contributed by atoms with van der Waals surface area (Å²) in [5.41, 5.74) is 5.76. The molecule has 0 aromatic heterocycles. The molecule has 0 aliphatic heterocycles. The van der Waals surface area contributed by atoms with E-state index in [9.17, 15) is 9.59 Å². The van der Waals surface area contributed by atoms with Gasteiger partial charge in [-0.1, -0.05) is 36.8 Å². The number of nitrogens with zero attached hydrogens (tertiary/aromatic N) is 1. The van der Waals surface area contributed by atoms with Crippen LogP contribution in [-0.4, -0.2) is 31.8 Å². The molecule has 3 aromatic rings. The number of aryl methyl sites for hydroxylation is 2. The number of ether oxygens (including phenoxy) is 3. The molecule has 1 N–H and O–H groups in total. The Balaban J connectivity index is 1.54. The Labute approximate surface area is 193 Å². The van der Waals surface area contributed by atoms with Gasteiger partial charge < -0.3 is 14.2 Å². The van der Waals surface area contributed by atoms with Crippen LogP contribution in [0.2, 0.25) is 0 Å². The van der Waals surface area contributed by atoms with Crippen molar-refractivity contribution in [2.45, 2.75) is 20.3 Å². The van der Waals surface area contributed by atoms with Crippen LogP contribution in [0.3, 0.4) is 0 Å². The van der Waals surface area contributed by atoms with E-state index in [0.717, 1.165) is 12.0 Å². The topological polar surface area (TPSA) is 86.2 Å². The summed E-state index contributed by atoms with van der Waals surface area (Å²) in [6, 6.07) is 19.6. The third-order valence-corrected chi connectivity index (χ3v) is 4.78. The van der Waals surface area contributed by atoms with Gasteiger partial charge in [0, 0.05) is 0 Å². The quantitative estimate of drug-likeness (QED) is 0.229. The van der Waals surface area contributed by atoms with Crippen LogP contribution in [0.25, 0.3) is 0 Å². The van der Waals surface area contributed by atoms with Crippen molar-refractivity contribution < 1.29 is 23.8 Å². The van der Waals surface area contributed by atoms with Gasteiger partial charge in [-0.15, -0.1) is 0 Å². The number of hydrogen-bond acceptors (Lipinski definition) is 6. The maximum absolute atomic E-state index is 12.4. The van der Waals surface area contributed by atoms with Gasteiger partial charge in [0.2, 0.25) is 0 Å². The van der Waals surface area contributed by atoms with Gasteiger partial charge in [-0.25, -0.2) is 10.2 Å². The van der Waals surface area contributed by atoms with E-state index in [-0.39, 0.29) is 18.3 Å². The van der Waals surface area contributed by atoms with Crippen molar-refractivity contribution in [2.24, 2.45) is 5.10 Å². The molecule has 0 radical (unpaired) electrons. The van der Waals surface area contributed by atoms with Gasteiger partial charge in [0.25, 0.3) is 5.91 Å². The third-order valence-electron chi connectivity index (χ3n) is 4.78. The Morgan fingerprint density at radius 2 is 1.70 bits per heavy atom. The first-order chi connectivity index (χ1) is 16.0. The molecule has 1 amide bonds. The van der Waals surface area contributed by atoms with Crippen molar-refractivity contribution >= 4 is 18.1 Å². The first-order valence-electron chi connectivity index (χ1n) is 10.5. The summed E-state index contributed by atoms with van der Waals surface area (Å²) in [6.45, 7) is 3.86. The van der Waals surface area contributed by atoms with Crippen LogP contribution in [0.5, 0.6) is 17.2 Å². The standard InChI is InChI=1S/C26H26N2O5/c1-4-19-7-12-22(13-8-19)32-17-25(29)28-27-16-20-9-14-23(24(15-20)31-3)33-26(30)21-10-5-18(2)6-11-21/h5-16H,4,17H2,1-3H3,(H,28,29)/b27-16+. The summed E-state index contributed by atoms with van der Waals surface area (Å²) in [6.07, 6.45) is 2.40. The fourth-order valence-electron chi connectivity index (χ4n) is 2.88. The molecule has 0 saturated heterocycles. The lowest BCUT2D eigenvalue weighted by molar-refractivity contribution is -0.123. The number of rotatable bonds is 9. The molecule has 0 aliphatic rings. The largest absolute Gasteiger partial charge is 0.493 e. The SMILES string of the molecule is CCc1ccc(OCC(=O)N/N=C/c2ccc(OC(=O)c3ccc(C)cc3)c(OC)c2)cc1. The molecule has 33 heavy (non-hydrogen) atoms. The van der Waals surface area contributed by atoms with Crippen LogP contribution in [0.4, 0.5) is 0 Å². The number of esters is 1. The molecule has 0 spiro atoms. The Kier molecular flexibility index (Phi) is 8.18. The van der Waals surface area contributed by atoms with Gasteiger partial charge in [0.15, 0.2) is 18.1 Å². The summed E-state index contributed by atoms with van der Waals surface area (Å²) >= 11 is 0. The number of amides is 1. The first-order valence-corrected chi connectivity index (χ1v) is 10.5. The zero-order chi connectivity index (χ0) is 23.6. The Bertz CT molecular complexity index is 1120. The molecule has 3 rings (SSSR count). The van der Waals surface area contributed by atoms with Crippen LogP contribution in [0.15, 0.2) is 71.8 Å². The minimum atomic E-state index is -0.480. The lowest BCUT2D eigenvalue weighted by Gasteiger charge is -2.10. The Morgan fingerprint density at radius 3 is 2.36 bits per heavy atom. The lowest BCUT2D eigenvalue weighted by atomic mass is 10.1. The lowest BCUT2D eigenvalue weighted by Crippen LogP contribution is -2.24. The van der Waals surface area contributed by atoms with Gasteiger partial charge in [0.05, 0.1) is 18.9 Å². The van der Waals surface area contributed by atoms with Gasteiger partial charge in [-0.05, 0) is 66.9 Å². The van der Waals surface area contributed by atoms with E-state index < -0.39 is 5.97 Å². The number of carbonyl (C=O) groups excluding carboxylic acids is 2. The Hall–Kier alpha value is -4.13. The van der Waals surface area contributed by atoms with Gasteiger partial charge >= 0.3 is 5.97 Å². The Morgan fingerprint density at radius 1 is 0.970 bits per heavy atom. The zero-order valence-electron chi connectivity index (χ0n) is 18.8. The van der Waals surface area contributed by atoms with E-state index in [1.807, 2.05) is 43.3 Å². The normalized spacial score (nSPS) is 10.6. The van der Waals surface area contributed by atoms with Crippen LogP contribution in [-0.2, 0) is 11.2 Å². The predicted molar refractivity (Wildman–Crippen MR) is 126 cm³/mol. The molecule has 7 heteroatoms. The molecule has 0 bridgehead atoms. The van der Waals surface area contributed by atoms with Crippen molar-refractivity contribution in [1.29, 1.82) is 0 Å². The van der Waals surface area contributed by atoms with E-state index in [1.165, 1.54) is 18.9 Å². The first kappa shape index (κ1) is 23.5. The fraction of sp³-hybridized carbons (Fsp3) is 0.192. The van der Waals surface area contributed by atoms with E-state index in [1.54, 1.807) is 30.3 Å². The minimum Gasteiger partial charge on any atom is -0.493 e. The van der Waals surface area contributed by atoms with Crippen molar-refractivity contribution in [3.05, 3.63) is 89.0 Å².